The second-order valence-corrected chi connectivity index (χ2v) is 5.06. The zero-order chi connectivity index (χ0) is 12.4. The average molecular weight is 274 g/mol. The molecule has 2 nitrogen and oxygen atoms in total. The molecule has 1 saturated carbocycles. The highest BCUT2D eigenvalue weighted by Crippen LogP contribution is 2.33. The summed E-state index contributed by atoms with van der Waals surface area (Å²) in [7, 11) is 0. The number of aliphatic hydroxyl groups excluding tert-OH is 1. The monoisotopic (exact) mass is 273 g/mol. The van der Waals surface area contributed by atoms with Crippen LogP contribution in [0.4, 0.5) is 4.39 Å². The Balaban J connectivity index is 0.00000162. The van der Waals surface area contributed by atoms with Gasteiger partial charge in [0, 0.05) is 0 Å². The first kappa shape index (κ1) is 15.4. The number of aliphatic hydroxyl groups is 1. The number of aryl methyl sites for hydroxylation is 1. The second kappa shape index (κ2) is 6.50. The van der Waals surface area contributed by atoms with Crippen LogP contribution in [0.2, 0.25) is 0 Å². The van der Waals surface area contributed by atoms with Crippen molar-refractivity contribution in [3.8, 4) is 0 Å². The molecule has 0 saturated heterocycles. The number of halogens is 2. The molecular weight excluding hydrogens is 253 g/mol. The molecule has 0 bridgehead atoms. The van der Waals surface area contributed by atoms with Crippen molar-refractivity contribution < 1.29 is 9.50 Å². The smallest absolute Gasteiger partial charge is 0.123 e. The van der Waals surface area contributed by atoms with E-state index in [4.69, 9.17) is 5.73 Å². The Bertz CT molecular complexity index is 393. The summed E-state index contributed by atoms with van der Waals surface area (Å²) >= 11 is 0. The first-order valence-corrected chi connectivity index (χ1v) is 6.29. The lowest BCUT2D eigenvalue weighted by Gasteiger charge is -2.25. The van der Waals surface area contributed by atoms with E-state index in [0.29, 0.717) is 0 Å². The van der Waals surface area contributed by atoms with Crippen LogP contribution in [0.25, 0.3) is 0 Å². The van der Waals surface area contributed by atoms with E-state index in [9.17, 15) is 9.50 Å². The number of rotatable bonds is 3. The molecule has 0 radical (unpaired) electrons. The van der Waals surface area contributed by atoms with E-state index in [1.54, 1.807) is 6.07 Å². The van der Waals surface area contributed by atoms with Crippen LogP contribution in [0.5, 0.6) is 0 Å². The van der Waals surface area contributed by atoms with E-state index in [-0.39, 0.29) is 24.1 Å². The summed E-state index contributed by atoms with van der Waals surface area (Å²) < 4.78 is 13.2. The van der Waals surface area contributed by atoms with E-state index >= 15 is 0 Å². The molecule has 1 aromatic rings. The molecule has 0 unspecified atom stereocenters. The van der Waals surface area contributed by atoms with Gasteiger partial charge in [-0.25, -0.2) is 4.39 Å². The molecule has 2 atom stereocenters. The maximum atomic E-state index is 13.2. The van der Waals surface area contributed by atoms with Gasteiger partial charge in [-0.1, -0.05) is 18.9 Å². The van der Waals surface area contributed by atoms with Gasteiger partial charge < -0.3 is 10.8 Å². The average Bonchev–Trinajstić information content (AvgIpc) is 2.84. The first-order chi connectivity index (χ1) is 8.09. The van der Waals surface area contributed by atoms with Crippen LogP contribution >= 0.6 is 12.4 Å². The van der Waals surface area contributed by atoms with Crippen molar-refractivity contribution in [1.29, 1.82) is 0 Å². The summed E-state index contributed by atoms with van der Waals surface area (Å²) in [6.07, 6.45) is 3.83. The van der Waals surface area contributed by atoms with Crippen LogP contribution in [-0.4, -0.2) is 11.2 Å². The molecule has 18 heavy (non-hydrogen) atoms. The third kappa shape index (κ3) is 3.22. The molecule has 1 fully saturated rings. The minimum Gasteiger partial charge on any atom is -0.391 e. The summed E-state index contributed by atoms with van der Waals surface area (Å²) in [4.78, 5) is 0. The Morgan fingerprint density at radius 1 is 1.33 bits per heavy atom. The highest BCUT2D eigenvalue weighted by molar-refractivity contribution is 5.85. The minimum absolute atomic E-state index is 0. The highest BCUT2D eigenvalue weighted by Gasteiger charge is 2.29. The van der Waals surface area contributed by atoms with Crippen LogP contribution in [0.1, 0.15) is 42.9 Å². The third-order valence-electron chi connectivity index (χ3n) is 3.85. The molecule has 1 aliphatic carbocycles. The number of benzene rings is 1. The Kier molecular flexibility index (Phi) is 5.57. The van der Waals surface area contributed by atoms with Crippen LogP contribution < -0.4 is 5.73 Å². The molecule has 1 aromatic carbocycles. The van der Waals surface area contributed by atoms with Crippen LogP contribution in [0, 0.1) is 18.7 Å². The minimum atomic E-state index is -0.557. The Morgan fingerprint density at radius 3 is 2.56 bits per heavy atom. The summed E-state index contributed by atoms with van der Waals surface area (Å²) in [6, 6.07) is 4.10. The Morgan fingerprint density at radius 2 is 1.94 bits per heavy atom. The van der Waals surface area contributed by atoms with Gasteiger partial charge in [-0.05, 0) is 48.9 Å². The second-order valence-electron chi connectivity index (χ2n) is 5.06. The fourth-order valence-corrected chi connectivity index (χ4v) is 2.75. The summed E-state index contributed by atoms with van der Waals surface area (Å²) in [5.41, 5.74) is 7.74. The molecule has 3 N–H and O–H groups in total. The number of nitrogens with two attached hydrogens (primary N) is 1. The topological polar surface area (TPSA) is 46.2 Å². The summed E-state index contributed by atoms with van der Waals surface area (Å²) in [5, 5.41) is 10.2. The Labute approximate surface area is 114 Å². The van der Waals surface area contributed by atoms with Gasteiger partial charge >= 0.3 is 0 Å². The van der Waals surface area contributed by atoms with Crippen molar-refractivity contribution in [1.82, 2.24) is 0 Å². The number of hydrogen-bond donors (Lipinski definition) is 2. The van der Waals surface area contributed by atoms with E-state index in [1.807, 2.05) is 6.92 Å². The molecule has 1 aliphatic rings. The zero-order valence-corrected chi connectivity index (χ0v) is 11.4. The molecule has 102 valence electrons. The van der Waals surface area contributed by atoms with Crippen molar-refractivity contribution in [3.63, 3.8) is 0 Å². The van der Waals surface area contributed by atoms with Gasteiger partial charge in [-0.15, -0.1) is 12.4 Å². The van der Waals surface area contributed by atoms with E-state index in [0.717, 1.165) is 36.8 Å². The lowest BCUT2D eigenvalue weighted by molar-refractivity contribution is 0.0842. The van der Waals surface area contributed by atoms with Crippen molar-refractivity contribution in [3.05, 3.63) is 35.1 Å². The normalized spacial score (nSPS) is 19.3. The van der Waals surface area contributed by atoms with E-state index in [1.165, 1.54) is 12.1 Å². The quantitative estimate of drug-likeness (QED) is 0.889. The van der Waals surface area contributed by atoms with Crippen molar-refractivity contribution in [2.45, 2.75) is 44.8 Å². The van der Waals surface area contributed by atoms with Crippen LogP contribution in [-0.2, 0) is 0 Å². The summed E-state index contributed by atoms with van der Waals surface area (Å²) in [5.74, 6) is -0.0210. The molecular formula is C14H21ClFNO. The van der Waals surface area contributed by atoms with Crippen molar-refractivity contribution >= 4 is 12.4 Å². The zero-order valence-electron chi connectivity index (χ0n) is 10.6. The van der Waals surface area contributed by atoms with Gasteiger partial charge in [0.1, 0.15) is 5.82 Å². The predicted octanol–water partition coefficient (Wildman–Crippen LogP) is 3.11. The van der Waals surface area contributed by atoms with Gasteiger partial charge in [-0.3, -0.25) is 0 Å². The van der Waals surface area contributed by atoms with Gasteiger partial charge in [-0.2, -0.15) is 0 Å². The maximum absolute atomic E-state index is 13.2. The van der Waals surface area contributed by atoms with Gasteiger partial charge in [0.15, 0.2) is 0 Å². The van der Waals surface area contributed by atoms with Crippen molar-refractivity contribution in [2.24, 2.45) is 11.7 Å². The lowest BCUT2D eigenvalue weighted by Crippen LogP contribution is -2.32. The lowest BCUT2D eigenvalue weighted by atomic mass is 9.89. The molecule has 2 rings (SSSR count). The highest BCUT2D eigenvalue weighted by atomic mass is 35.5. The van der Waals surface area contributed by atoms with E-state index < -0.39 is 12.1 Å². The van der Waals surface area contributed by atoms with Crippen LogP contribution in [0.3, 0.4) is 0 Å². The Hall–Kier alpha value is -0.640. The fourth-order valence-electron chi connectivity index (χ4n) is 2.75. The standard InChI is InChI=1S/C14H20FNO.ClH/c1-9-6-7-11(15)8-12(9)13(16)14(17)10-4-2-3-5-10;/h6-8,10,13-14,17H,2-5,16H2,1H3;1H/t13-,14+;/m1./s1. The van der Waals surface area contributed by atoms with Crippen molar-refractivity contribution in [2.75, 3.05) is 0 Å². The van der Waals surface area contributed by atoms with E-state index in [2.05, 4.69) is 0 Å². The van der Waals surface area contributed by atoms with Gasteiger partial charge in [0.2, 0.25) is 0 Å². The summed E-state index contributed by atoms with van der Waals surface area (Å²) in [6.45, 7) is 1.90. The molecule has 0 spiro atoms. The number of hydrogen-bond acceptors (Lipinski definition) is 2. The fraction of sp³-hybridized carbons (Fsp3) is 0.571. The first-order valence-electron chi connectivity index (χ1n) is 6.29. The van der Waals surface area contributed by atoms with Gasteiger partial charge in [0.25, 0.3) is 0 Å². The predicted molar refractivity (Wildman–Crippen MR) is 73.3 cm³/mol. The largest absolute Gasteiger partial charge is 0.391 e. The SMILES string of the molecule is Cc1ccc(F)cc1[C@@H](N)[C@@H](O)C1CCCC1.Cl. The van der Waals surface area contributed by atoms with Gasteiger partial charge in [0.05, 0.1) is 12.1 Å². The molecule has 0 heterocycles. The molecule has 4 heteroatoms. The third-order valence-corrected chi connectivity index (χ3v) is 3.85. The molecule has 0 aromatic heterocycles. The molecule has 0 aliphatic heterocycles. The molecule has 0 amide bonds. The van der Waals surface area contributed by atoms with Crippen LogP contribution in [0.15, 0.2) is 18.2 Å². The maximum Gasteiger partial charge on any atom is 0.123 e.